The Labute approximate surface area is 113 Å². The molecule has 1 saturated heterocycles. The Hall–Kier alpha value is -1.39. The number of nitrogens with zero attached hydrogens (tertiary/aromatic N) is 1. The van der Waals surface area contributed by atoms with Gasteiger partial charge in [-0.15, -0.1) is 0 Å². The number of aromatic amines is 1. The summed E-state index contributed by atoms with van der Waals surface area (Å²) < 4.78 is 5.41. The fourth-order valence-corrected chi connectivity index (χ4v) is 2.62. The minimum atomic E-state index is 0.526. The molecule has 2 heterocycles. The van der Waals surface area contributed by atoms with Crippen LogP contribution < -0.4 is 5.32 Å². The second-order valence-electron chi connectivity index (χ2n) is 5.14. The zero-order valence-electron chi connectivity index (χ0n) is 11.4. The molecule has 1 aliphatic rings. The Balaban J connectivity index is 1.83. The van der Waals surface area contributed by atoms with E-state index in [0.29, 0.717) is 5.92 Å². The van der Waals surface area contributed by atoms with Crippen LogP contribution in [-0.4, -0.2) is 29.7 Å². The van der Waals surface area contributed by atoms with E-state index in [0.717, 1.165) is 56.0 Å². The SMILES string of the molecule is CCNCc1ccc2nc(C3CCOCC3)[nH]c2c1. The molecule has 2 N–H and O–H groups in total. The lowest BCUT2D eigenvalue weighted by atomic mass is 10.00. The van der Waals surface area contributed by atoms with E-state index in [1.807, 2.05) is 0 Å². The first-order chi connectivity index (χ1) is 9.36. The number of fused-ring (bicyclic) bond motifs is 1. The molecule has 0 radical (unpaired) electrons. The van der Waals surface area contributed by atoms with E-state index in [9.17, 15) is 0 Å². The summed E-state index contributed by atoms with van der Waals surface area (Å²) in [5.41, 5.74) is 3.52. The van der Waals surface area contributed by atoms with Crippen LogP contribution in [0.5, 0.6) is 0 Å². The maximum Gasteiger partial charge on any atom is 0.110 e. The highest BCUT2D eigenvalue weighted by atomic mass is 16.5. The van der Waals surface area contributed by atoms with Crippen molar-refractivity contribution in [2.24, 2.45) is 0 Å². The summed E-state index contributed by atoms with van der Waals surface area (Å²) in [6.07, 6.45) is 2.15. The lowest BCUT2D eigenvalue weighted by Crippen LogP contribution is -2.15. The molecule has 0 spiro atoms. The first-order valence-corrected chi connectivity index (χ1v) is 7.14. The number of aromatic nitrogens is 2. The minimum Gasteiger partial charge on any atom is -0.381 e. The van der Waals surface area contributed by atoms with Gasteiger partial charge in [-0.2, -0.15) is 0 Å². The van der Waals surface area contributed by atoms with Crippen LogP contribution in [0.1, 0.15) is 37.1 Å². The van der Waals surface area contributed by atoms with E-state index in [2.05, 4.69) is 35.4 Å². The van der Waals surface area contributed by atoms with Crippen LogP contribution in [0.4, 0.5) is 0 Å². The van der Waals surface area contributed by atoms with Crippen LogP contribution in [0.25, 0.3) is 11.0 Å². The molecule has 2 aromatic rings. The summed E-state index contributed by atoms with van der Waals surface area (Å²) >= 11 is 0. The quantitative estimate of drug-likeness (QED) is 0.887. The Kier molecular flexibility index (Phi) is 3.80. The van der Waals surface area contributed by atoms with Crippen LogP contribution in [0.15, 0.2) is 18.2 Å². The molecular weight excluding hydrogens is 238 g/mol. The Morgan fingerprint density at radius 2 is 2.21 bits per heavy atom. The fraction of sp³-hybridized carbons (Fsp3) is 0.533. The summed E-state index contributed by atoms with van der Waals surface area (Å²) in [7, 11) is 0. The smallest absolute Gasteiger partial charge is 0.110 e. The van der Waals surface area contributed by atoms with E-state index in [1.54, 1.807) is 0 Å². The Bertz CT molecular complexity index is 543. The van der Waals surface area contributed by atoms with Gasteiger partial charge in [-0.1, -0.05) is 13.0 Å². The first kappa shape index (κ1) is 12.6. The number of hydrogen-bond acceptors (Lipinski definition) is 3. The highest BCUT2D eigenvalue weighted by molar-refractivity contribution is 5.76. The number of H-pyrrole nitrogens is 1. The second kappa shape index (κ2) is 5.72. The predicted molar refractivity (Wildman–Crippen MR) is 76.3 cm³/mol. The van der Waals surface area contributed by atoms with Gasteiger partial charge in [0.15, 0.2) is 0 Å². The van der Waals surface area contributed by atoms with E-state index in [1.165, 1.54) is 5.56 Å². The highest BCUT2D eigenvalue weighted by Crippen LogP contribution is 2.26. The summed E-state index contributed by atoms with van der Waals surface area (Å²) in [4.78, 5) is 8.21. The molecule has 4 nitrogen and oxygen atoms in total. The van der Waals surface area contributed by atoms with Gasteiger partial charge in [-0.25, -0.2) is 4.98 Å². The van der Waals surface area contributed by atoms with Crippen LogP contribution in [0.3, 0.4) is 0 Å². The van der Waals surface area contributed by atoms with Crippen molar-refractivity contribution in [2.75, 3.05) is 19.8 Å². The molecule has 1 aromatic carbocycles. The molecule has 0 atom stereocenters. The summed E-state index contributed by atoms with van der Waals surface area (Å²) in [5.74, 6) is 1.65. The van der Waals surface area contributed by atoms with Crippen LogP contribution in [-0.2, 0) is 11.3 Å². The van der Waals surface area contributed by atoms with Crippen LogP contribution >= 0.6 is 0 Å². The molecule has 0 aliphatic carbocycles. The van der Waals surface area contributed by atoms with Crippen LogP contribution in [0, 0.1) is 0 Å². The highest BCUT2D eigenvalue weighted by Gasteiger charge is 2.19. The van der Waals surface area contributed by atoms with Gasteiger partial charge in [0.05, 0.1) is 11.0 Å². The Morgan fingerprint density at radius 3 is 3.00 bits per heavy atom. The lowest BCUT2D eigenvalue weighted by molar-refractivity contribution is 0.0838. The van der Waals surface area contributed by atoms with Gasteiger partial charge in [-0.3, -0.25) is 0 Å². The molecule has 1 fully saturated rings. The minimum absolute atomic E-state index is 0.526. The summed E-state index contributed by atoms with van der Waals surface area (Å²) in [6, 6.07) is 6.47. The van der Waals surface area contributed by atoms with E-state index in [-0.39, 0.29) is 0 Å². The lowest BCUT2D eigenvalue weighted by Gasteiger charge is -2.19. The molecule has 3 rings (SSSR count). The van der Waals surface area contributed by atoms with Gasteiger partial charge in [0.1, 0.15) is 5.82 Å². The molecule has 0 unspecified atom stereocenters. The maximum absolute atomic E-state index is 5.41. The van der Waals surface area contributed by atoms with E-state index in [4.69, 9.17) is 9.72 Å². The topological polar surface area (TPSA) is 49.9 Å². The number of rotatable bonds is 4. The standard InChI is InChI=1S/C15H21N3O/c1-2-16-10-11-3-4-13-14(9-11)18-15(17-13)12-5-7-19-8-6-12/h3-4,9,12,16H,2,5-8,10H2,1H3,(H,17,18). The van der Waals surface area contributed by atoms with Gasteiger partial charge in [-0.05, 0) is 37.1 Å². The van der Waals surface area contributed by atoms with Gasteiger partial charge in [0, 0.05) is 25.7 Å². The summed E-state index contributed by atoms with van der Waals surface area (Å²) in [6.45, 7) is 5.74. The molecule has 102 valence electrons. The van der Waals surface area contributed by atoms with Crippen molar-refractivity contribution in [3.8, 4) is 0 Å². The zero-order chi connectivity index (χ0) is 13.1. The molecule has 0 bridgehead atoms. The van der Waals surface area contributed by atoms with Crippen LogP contribution in [0.2, 0.25) is 0 Å². The monoisotopic (exact) mass is 259 g/mol. The molecule has 4 heteroatoms. The van der Waals surface area contributed by atoms with E-state index < -0.39 is 0 Å². The van der Waals surface area contributed by atoms with Gasteiger partial charge < -0.3 is 15.0 Å². The number of hydrogen-bond donors (Lipinski definition) is 2. The third-order valence-electron chi connectivity index (χ3n) is 3.75. The largest absolute Gasteiger partial charge is 0.381 e. The van der Waals surface area contributed by atoms with Gasteiger partial charge in [0.2, 0.25) is 0 Å². The number of nitrogens with one attached hydrogen (secondary N) is 2. The second-order valence-corrected chi connectivity index (χ2v) is 5.14. The first-order valence-electron chi connectivity index (χ1n) is 7.14. The average molecular weight is 259 g/mol. The third-order valence-corrected chi connectivity index (χ3v) is 3.75. The zero-order valence-corrected chi connectivity index (χ0v) is 11.4. The third kappa shape index (κ3) is 2.80. The predicted octanol–water partition coefficient (Wildman–Crippen LogP) is 2.57. The normalized spacial score (nSPS) is 17.1. The van der Waals surface area contributed by atoms with Crippen molar-refractivity contribution in [2.45, 2.75) is 32.2 Å². The molecular formula is C15H21N3O. The van der Waals surface area contributed by atoms with Crippen molar-refractivity contribution in [3.63, 3.8) is 0 Å². The van der Waals surface area contributed by atoms with Crippen molar-refractivity contribution < 1.29 is 4.74 Å². The van der Waals surface area contributed by atoms with Crippen molar-refractivity contribution in [1.82, 2.24) is 15.3 Å². The van der Waals surface area contributed by atoms with Crippen molar-refractivity contribution >= 4 is 11.0 Å². The molecule has 1 aliphatic heterocycles. The summed E-state index contributed by atoms with van der Waals surface area (Å²) in [5, 5.41) is 3.35. The van der Waals surface area contributed by atoms with E-state index >= 15 is 0 Å². The molecule has 19 heavy (non-hydrogen) atoms. The van der Waals surface area contributed by atoms with Crippen molar-refractivity contribution in [1.29, 1.82) is 0 Å². The Morgan fingerprint density at radius 1 is 1.37 bits per heavy atom. The molecule has 1 aromatic heterocycles. The van der Waals surface area contributed by atoms with Gasteiger partial charge >= 0.3 is 0 Å². The number of imidazole rings is 1. The number of ether oxygens (including phenoxy) is 1. The maximum atomic E-state index is 5.41. The fourth-order valence-electron chi connectivity index (χ4n) is 2.62. The van der Waals surface area contributed by atoms with Crippen molar-refractivity contribution in [3.05, 3.63) is 29.6 Å². The average Bonchev–Trinajstić information content (AvgIpc) is 2.89. The molecule has 0 amide bonds. The molecule has 0 saturated carbocycles. The van der Waals surface area contributed by atoms with Gasteiger partial charge in [0.25, 0.3) is 0 Å². The number of benzene rings is 1.